The smallest absolute Gasteiger partial charge is 0.238 e. The number of carbonyl (C=O) groups excluding carboxylic acids is 3. The molecule has 0 unspecified atom stereocenters. The van der Waals surface area contributed by atoms with Gasteiger partial charge in [-0.25, -0.2) is 0 Å². The van der Waals surface area contributed by atoms with Gasteiger partial charge in [-0.2, -0.15) is 0 Å². The Hall–Kier alpha value is -4.68. The number of ketones is 2. The maximum absolute atomic E-state index is 14.8. The van der Waals surface area contributed by atoms with Gasteiger partial charge >= 0.3 is 0 Å². The molecular weight excluding hydrogens is 536 g/mol. The van der Waals surface area contributed by atoms with Crippen LogP contribution in [0.2, 0.25) is 5.02 Å². The van der Waals surface area contributed by atoms with Crippen LogP contribution in [0.25, 0.3) is 6.08 Å². The third-order valence-corrected chi connectivity index (χ3v) is 8.96. The molecule has 1 saturated heterocycles. The Morgan fingerprint density at radius 2 is 1.54 bits per heavy atom. The molecule has 202 valence electrons. The second-order valence-corrected chi connectivity index (χ2v) is 10.9. The molecular formula is C34H25ClN2O4. The molecule has 0 aromatic heterocycles. The van der Waals surface area contributed by atoms with E-state index in [1.165, 1.54) is 7.11 Å². The second-order valence-electron chi connectivity index (χ2n) is 10.5. The summed E-state index contributed by atoms with van der Waals surface area (Å²) in [7, 11) is 1.51. The highest BCUT2D eigenvalue weighted by Gasteiger charge is 2.71. The van der Waals surface area contributed by atoms with Crippen LogP contribution in [-0.2, 0) is 10.2 Å². The van der Waals surface area contributed by atoms with Gasteiger partial charge in [0, 0.05) is 17.5 Å². The van der Waals surface area contributed by atoms with Crippen molar-refractivity contribution in [3.8, 4) is 5.75 Å². The lowest BCUT2D eigenvalue weighted by Gasteiger charge is -2.38. The molecule has 7 rings (SSSR count). The number of halogens is 1. The van der Waals surface area contributed by atoms with Crippen molar-refractivity contribution in [2.45, 2.75) is 17.5 Å². The van der Waals surface area contributed by atoms with Crippen molar-refractivity contribution in [1.29, 1.82) is 0 Å². The Morgan fingerprint density at radius 1 is 0.854 bits per heavy atom. The van der Waals surface area contributed by atoms with Crippen molar-refractivity contribution in [3.05, 3.63) is 136 Å². The lowest BCUT2D eigenvalue weighted by atomic mass is 9.62. The van der Waals surface area contributed by atoms with E-state index in [0.717, 1.165) is 11.1 Å². The number of nitrogens with zero attached hydrogens (tertiary/aromatic N) is 1. The monoisotopic (exact) mass is 560 g/mol. The lowest BCUT2D eigenvalue weighted by Crippen LogP contribution is -2.49. The number of carbonyl (C=O) groups is 3. The standard InChI is InChI=1S/C34H25ClN2O4/c1-41-27-17-9-5-13-23(27)31(39)29-28(30(38)22-12-4-7-15-25(22)35)34(24-14-6-8-16-26(24)36-33(34)40)32-21-11-3-2-10-20(21)18-19-37(29)32/h2-19,28-29,32H,1H3,(H,36,40)/t28-,29-,32+,34+/m0/s1. The van der Waals surface area contributed by atoms with Gasteiger partial charge in [-0.15, -0.1) is 0 Å². The summed E-state index contributed by atoms with van der Waals surface area (Å²) >= 11 is 6.60. The minimum absolute atomic E-state index is 0.267. The van der Waals surface area contributed by atoms with Gasteiger partial charge in [-0.05, 0) is 53.1 Å². The van der Waals surface area contributed by atoms with Gasteiger partial charge in [0.25, 0.3) is 0 Å². The van der Waals surface area contributed by atoms with Gasteiger partial charge in [-0.3, -0.25) is 14.4 Å². The minimum Gasteiger partial charge on any atom is -0.496 e. The molecule has 0 saturated carbocycles. The van der Waals surface area contributed by atoms with Gasteiger partial charge in [-0.1, -0.05) is 78.3 Å². The van der Waals surface area contributed by atoms with Crippen LogP contribution < -0.4 is 10.1 Å². The largest absolute Gasteiger partial charge is 0.496 e. The molecule has 0 bridgehead atoms. The first-order valence-corrected chi connectivity index (χ1v) is 13.8. The number of hydrogen-bond donors (Lipinski definition) is 1. The number of methoxy groups -OCH3 is 1. The Labute approximate surface area is 242 Å². The van der Waals surface area contributed by atoms with Gasteiger partial charge in [0.15, 0.2) is 11.6 Å². The van der Waals surface area contributed by atoms with Crippen molar-refractivity contribution < 1.29 is 19.1 Å². The molecule has 4 atom stereocenters. The van der Waals surface area contributed by atoms with E-state index < -0.39 is 23.4 Å². The molecule has 3 aliphatic heterocycles. The van der Waals surface area contributed by atoms with Crippen LogP contribution in [0.1, 0.15) is 43.4 Å². The summed E-state index contributed by atoms with van der Waals surface area (Å²) in [4.78, 5) is 45.9. The summed E-state index contributed by atoms with van der Waals surface area (Å²) in [6.45, 7) is 0. The molecule has 1 fully saturated rings. The Balaban J connectivity index is 1.56. The molecule has 3 heterocycles. The highest BCUT2D eigenvalue weighted by molar-refractivity contribution is 6.34. The summed E-state index contributed by atoms with van der Waals surface area (Å²) in [6.07, 6.45) is 3.78. The van der Waals surface area contributed by atoms with Crippen molar-refractivity contribution in [2.75, 3.05) is 12.4 Å². The Kier molecular flexibility index (Phi) is 5.84. The molecule has 7 heteroatoms. The maximum Gasteiger partial charge on any atom is 0.238 e. The van der Waals surface area contributed by atoms with Gasteiger partial charge < -0.3 is 15.0 Å². The van der Waals surface area contributed by atoms with E-state index in [2.05, 4.69) is 5.32 Å². The molecule has 3 aliphatic rings. The van der Waals surface area contributed by atoms with Crippen LogP contribution in [0.15, 0.2) is 103 Å². The predicted molar refractivity (Wildman–Crippen MR) is 157 cm³/mol. The van der Waals surface area contributed by atoms with Crippen molar-refractivity contribution >= 4 is 40.8 Å². The van der Waals surface area contributed by atoms with Crippen molar-refractivity contribution in [1.82, 2.24) is 4.90 Å². The molecule has 1 spiro atoms. The zero-order chi connectivity index (χ0) is 28.3. The predicted octanol–water partition coefficient (Wildman–Crippen LogP) is 6.33. The van der Waals surface area contributed by atoms with E-state index in [1.807, 2.05) is 65.7 Å². The van der Waals surface area contributed by atoms with Crippen LogP contribution in [0, 0.1) is 5.92 Å². The number of nitrogens with one attached hydrogen (secondary N) is 1. The Bertz CT molecular complexity index is 1780. The highest BCUT2D eigenvalue weighted by Crippen LogP contribution is 2.62. The van der Waals surface area contributed by atoms with Gasteiger partial charge in [0.05, 0.1) is 29.7 Å². The normalized spacial score (nSPS) is 23.5. The number of anilines is 1. The van der Waals surface area contributed by atoms with Crippen LogP contribution in [0.4, 0.5) is 5.69 Å². The fourth-order valence-corrected chi connectivity index (χ4v) is 7.23. The average molecular weight is 561 g/mol. The topological polar surface area (TPSA) is 75.7 Å². The van der Waals surface area contributed by atoms with Crippen LogP contribution in [-0.4, -0.2) is 35.5 Å². The average Bonchev–Trinajstić information content (AvgIpc) is 3.49. The van der Waals surface area contributed by atoms with E-state index in [1.54, 1.807) is 48.5 Å². The van der Waals surface area contributed by atoms with E-state index in [0.29, 0.717) is 22.6 Å². The van der Waals surface area contributed by atoms with E-state index in [4.69, 9.17) is 16.3 Å². The number of benzene rings is 4. The number of fused-ring (bicyclic) bond motifs is 6. The number of amides is 1. The SMILES string of the molecule is COc1ccccc1C(=O)[C@@H]1[C@@H](C(=O)c2ccccc2Cl)[C@@]2(C(=O)Nc3ccccc32)[C@H]2c3ccccc3C=CN12. The fourth-order valence-electron chi connectivity index (χ4n) is 7.00. The molecule has 1 amide bonds. The minimum atomic E-state index is -1.42. The summed E-state index contributed by atoms with van der Waals surface area (Å²) < 4.78 is 5.57. The summed E-state index contributed by atoms with van der Waals surface area (Å²) in [5.41, 5.74) is 2.31. The number of hydrogen-bond acceptors (Lipinski definition) is 5. The van der Waals surface area contributed by atoms with E-state index in [9.17, 15) is 14.4 Å². The molecule has 0 aliphatic carbocycles. The zero-order valence-electron chi connectivity index (χ0n) is 22.1. The second kappa shape index (κ2) is 9.46. The van der Waals surface area contributed by atoms with Crippen molar-refractivity contribution in [2.24, 2.45) is 5.92 Å². The van der Waals surface area contributed by atoms with Crippen molar-refractivity contribution in [3.63, 3.8) is 0 Å². The first-order chi connectivity index (χ1) is 20.0. The van der Waals surface area contributed by atoms with E-state index in [-0.39, 0.29) is 28.1 Å². The highest BCUT2D eigenvalue weighted by atomic mass is 35.5. The molecule has 4 aromatic carbocycles. The van der Waals surface area contributed by atoms with Crippen LogP contribution >= 0.6 is 11.6 Å². The third-order valence-electron chi connectivity index (χ3n) is 8.63. The lowest BCUT2D eigenvalue weighted by molar-refractivity contribution is -0.122. The molecule has 1 N–H and O–H groups in total. The first kappa shape index (κ1) is 25.3. The Morgan fingerprint density at radius 3 is 2.34 bits per heavy atom. The quantitative estimate of drug-likeness (QED) is 0.289. The number of para-hydroxylation sites is 2. The number of ether oxygens (including phenoxy) is 1. The molecule has 41 heavy (non-hydrogen) atoms. The third kappa shape index (κ3) is 3.47. The summed E-state index contributed by atoms with van der Waals surface area (Å²) in [6, 6.07) is 27.4. The maximum atomic E-state index is 14.8. The zero-order valence-corrected chi connectivity index (χ0v) is 22.8. The first-order valence-electron chi connectivity index (χ1n) is 13.4. The summed E-state index contributed by atoms with van der Waals surface area (Å²) in [5.74, 6) is -1.70. The summed E-state index contributed by atoms with van der Waals surface area (Å²) in [5, 5.41) is 3.32. The van der Waals surface area contributed by atoms with Crippen LogP contribution in [0.5, 0.6) is 5.75 Å². The molecule has 4 aromatic rings. The van der Waals surface area contributed by atoms with E-state index >= 15 is 0 Å². The van der Waals surface area contributed by atoms with Crippen LogP contribution in [0.3, 0.4) is 0 Å². The molecule has 6 nitrogen and oxygen atoms in total. The van der Waals surface area contributed by atoms with Gasteiger partial charge in [0.1, 0.15) is 17.2 Å². The number of rotatable bonds is 5. The molecule has 0 radical (unpaired) electrons. The fraction of sp³-hybridized carbons (Fsp3) is 0.147. The number of Topliss-reactive ketones (excluding diaryl/α,β-unsaturated/α-hetero) is 2. The van der Waals surface area contributed by atoms with Gasteiger partial charge in [0.2, 0.25) is 5.91 Å².